The third-order valence-electron chi connectivity index (χ3n) is 4.24. The van der Waals surface area contributed by atoms with Crippen LogP contribution in [0.15, 0.2) is 67.0 Å². The second-order valence-electron chi connectivity index (χ2n) is 6.57. The summed E-state index contributed by atoms with van der Waals surface area (Å²) in [6, 6.07) is 18.1. The van der Waals surface area contributed by atoms with Crippen LogP contribution in [0.2, 0.25) is 5.02 Å². The smallest absolute Gasteiger partial charge is 0.124 e. The van der Waals surface area contributed by atoms with E-state index in [4.69, 9.17) is 16.3 Å². The number of ether oxygens (including phenoxy) is 1. The van der Waals surface area contributed by atoms with Gasteiger partial charge in [-0.2, -0.15) is 0 Å². The van der Waals surface area contributed by atoms with Crippen LogP contribution < -0.4 is 15.0 Å². The molecule has 0 saturated heterocycles. The van der Waals surface area contributed by atoms with Gasteiger partial charge >= 0.3 is 0 Å². The Balaban J connectivity index is 1.59. The first-order valence-electron chi connectivity index (χ1n) is 8.89. The van der Waals surface area contributed by atoms with Crippen molar-refractivity contribution in [1.29, 1.82) is 0 Å². The number of pyridine rings is 1. The lowest BCUT2D eigenvalue weighted by molar-refractivity contribution is 0.301. The molecule has 3 rings (SSSR count). The average molecular weight is 382 g/mol. The van der Waals surface area contributed by atoms with E-state index >= 15 is 0 Å². The van der Waals surface area contributed by atoms with E-state index in [-0.39, 0.29) is 0 Å². The van der Waals surface area contributed by atoms with Crippen LogP contribution in [0.5, 0.6) is 5.75 Å². The van der Waals surface area contributed by atoms with Gasteiger partial charge in [-0.3, -0.25) is 4.98 Å². The SMILES string of the molecule is CN(C)c1ccc(CNCc2cc(Cl)ccc2OCc2cccnc2)cc1. The van der Waals surface area contributed by atoms with Gasteiger partial charge in [0.05, 0.1) is 0 Å². The predicted molar refractivity (Wildman–Crippen MR) is 111 cm³/mol. The summed E-state index contributed by atoms with van der Waals surface area (Å²) >= 11 is 6.18. The summed E-state index contributed by atoms with van der Waals surface area (Å²) in [4.78, 5) is 6.21. The van der Waals surface area contributed by atoms with Crippen molar-refractivity contribution >= 4 is 17.3 Å². The van der Waals surface area contributed by atoms with E-state index in [9.17, 15) is 0 Å². The first-order chi connectivity index (χ1) is 13.1. The number of benzene rings is 2. The highest BCUT2D eigenvalue weighted by Gasteiger charge is 2.06. The minimum atomic E-state index is 0.481. The van der Waals surface area contributed by atoms with E-state index in [2.05, 4.69) is 39.5 Å². The molecule has 0 saturated carbocycles. The zero-order valence-electron chi connectivity index (χ0n) is 15.7. The van der Waals surface area contributed by atoms with Gasteiger partial charge in [0.2, 0.25) is 0 Å². The molecule has 0 aliphatic rings. The van der Waals surface area contributed by atoms with Gasteiger partial charge in [-0.25, -0.2) is 0 Å². The quantitative estimate of drug-likeness (QED) is 0.615. The highest BCUT2D eigenvalue weighted by molar-refractivity contribution is 6.30. The Bertz CT molecular complexity index is 851. The molecule has 0 aliphatic heterocycles. The lowest BCUT2D eigenvalue weighted by atomic mass is 10.1. The molecule has 1 heterocycles. The molecular formula is C22H24ClN3O. The van der Waals surface area contributed by atoms with Gasteiger partial charge in [0.1, 0.15) is 12.4 Å². The molecule has 0 bridgehead atoms. The molecule has 1 N–H and O–H groups in total. The van der Waals surface area contributed by atoms with Gasteiger partial charge in [-0.15, -0.1) is 0 Å². The highest BCUT2D eigenvalue weighted by atomic mass is 35.5. The van der Waals surface area contributed by atoms with Crippen molar-refractivity contribution in [2.75, 3.05) is 19.0 Å². The molecule has 27 heavy (non-hydrogen) atoms. The zero-order valence-corrected chi connectivity index (χ0v) is 16.4. The van der Waals surface area contributed by atoms with Crippen molar-refractivity contribution in [3.63, 3.8) is 0 Å². The zero-order chi connectivity index (χ0) is 19.1. The van der Waals surface area contributed by atoms with Crippen molar-refractivity contribution in [2.24, 2.45) is 0 Å². The fourth-order valence-corrected chi connectivity index (χ4v) is 2.92. The number of halogens is 1. The van der Waals surface area contributed by atoms with Crippen LogP contribution in [0.3, 0.4) is 0 Å². The largest absolute Gasteiger partial charge is 0.489 e. The average Bonchev–Trinajstić information content (AvgIpc) is 2.68. The molecule has 0 atom stereocenters. The second kappa shape index (κ2) is 9.40. The van der Waals surface area contributed by atoms with Gasteiger partial charge in [-0.1, -0.05) is 29.8 Å². The van der Waals surface area contributed by atoms with Crippen LogP contribution in [0, 0.1) is 0 Å². The number of hydrogen-bond acceptors (Lipinski definition) is 4. The summed E-state index contributed by atoms with van der Waals surface area (Å²) in [6.45, 7) is 1.94. The number of nitrogens with zero attached hydrogens (tertiary/aromatic N) is 2. The van der Waals surface area contributed by atoms with Crippen LogP contribution in [-0.4, -0.2) is 19.1 Å². The number of nitrogens with one attached hydrogen (secondary N) is 1. The molecule has 140 valence electrons. The van der Waals surface area contributed by atoms with E-state index in [1.807, 2.05) is 50.6 Å². The summed E-state index contributed by atoms with van der Waals surface area (Å²) in [5, 5.41) is 4.17. The Labute approximate surface area is 165 Å². The van der Waals surface area contributed by atoms with E-state index in [0.29, 0.717) is 18.2 Å². The Morgan fingerprint density at radius 1 is 1.00 bits per heavy atom. The van der Waals surface area contributed by atoms with Gasteiger partial charge in [-0.05, 0) is 42.0 Å². The van der Waals surface area contributed by atoms with Gasteiger partial charge in [0, 0.05) is 61.4 Å². The Kier molecular flexibility index (Phi) is 6.69. The fraction of sp³-hybridized carbons (Fsp3) is 0.227. The standard InChI is InChI=1S/C22H24ClN3O/c1-26(2)21-8-5-17(6-9-21)13-25-15-19-12-20(23)7-10-22(19)27-16-18-4-3-11-24-14-18/h3-12,14,25H,13,15-16H2,1-2H3. The molecule has 4 nitrogen and oxygen atoms in total. The van der Waals surface area contributed by atoms with Crippen molar-refractivity contribution in [1.82, 2.24) is 10.3 Å². The predicted octanol–water partition coefficient (Wildman–Crippen LogP) is 4.67. The lowest BCUT2D eigenvalue weighted by Crippen LogP contribution is -2.14. The molecule has 0 fully saturated rings. The maximum Gasteiger partial charge on any atom is 0.124 e. The van der Waals surface area contributed by atoms with Crippen molar-refractivity contribution in [3.8, 4) is 5.75 Å². The minimum Gasteiger partial charge on any atom is -0.489 e. The first-order valence-corrected chi connectivity index (χ1v) is 9.27. The molecule has 0 amide bonds. The number of hydrogen-bond donors (Lipinski definition) is 1. The monoisotopic (exact) mass is 381 g/mol. The van der Waals surface area contributed by atoms with E-state index in [1.165, 1.54) is 11.3 Å². The number of rotatable bonds is 8. The molecule has 5 heteroatoms. The normalized spacial score (nSPS) is 10.6. The summed E-state index contributed by atoms with van der Waals surface area (Å²) in [5.41, 5.74) is 4.50. The maximum atomic E-state index is 6.18. The molecule has 0 aliphatic carbocycles. The van der Waals surface area contributed by atoms with Crippen LogP contribution in [0.1, 0.15) is 16.7 Å². The van der Waals surface area contributed by atoms with E-state index in [0.717, 1.165) is 23.4 Å². The van der Waals surface area contributed by atoms with Crippen LogP contribution in [0.4, 0.5) is 5.69 Å². The summed E-state index contributed by atoms with van der Waals surface area (Å²) in [5.74, 6) is 0.832. The Morgan fingerprint density at radius 2 is 1.81 bits per heavy atom. The van der Waals surface area contributed by atoms with Gasteiger partial charge in [0.25, 0.3) is 0 Å². The van der Waals surface area contributed by atoms with Crippen molar-refractivity contribution in [3.05, 3.63) is 88.7 Å². The molecular weight excluding hydrogens is 358 g/mol. The topological polar surface area (TPSA) is 37.4 Å². The Hall–Kier alpha value is -2.56. The van der Waals surface area contributed by atoms with Crippen molar-refractivity contribution < 1.29 is 4.74 Å². The Morgan fingerprint density at radius 3 is 2.52 bits per heavy atom. The minimum absolute atomic E-state index is 0.481. The van der Waals surface area contributed by atoms with E-state index in [1.54, 1.807) is 6.20 Å². The third kappa shape index (κ3) is 5.71. The fourth-order valence-electron chi connectivity index (χ4n) is 2.73. The van der Waals surface area contributed by atoms with Crippen molar-refractivity contribution in [2.45, 2.75) is 19.7 Å². The van der Waals surface area contributed by atoms with Crippen LogP contribution in [0.25, 0.3) is 0 Å². The van der Waals surface area contributed by atoms with Gasteiger partial charge in [0.15, 0.2) is 0 Å². The van der Waals surface area contributed by atoms with Gasteiger partial charge < -0.3 is 15.0 Å². The molecule has 1 aromatic heterocycles. The van der Waals surface area contributed by atoms with Crippen LogP contribution >= 0.6 is 11.6 Å². The summed E-state index contributed by atoms with van der Waals surface area (Å²) in [7, 11) is 4.08. The number of anilines is 1. The van der Waals surface area contributed by atoms with Crippen LogP contribution in [-0.2, 0) is 19.7 Å². The van der Waals surface area contributed by atoms with E-state index < -0.39 is 0 Å². The molecule has 0 unspecified atom stereocenters. The lowest BCUT2D eigenvalue weighted by Gasteiger charge is -2.14. The number of aromatic nitrogens is 1. The molecule has 0 radical (unpaired) electrons. The summed E-state index contributed by atoms with van der Waals surface area (Å²) in [6.07, 6.45) is 3.57. The maximum absolute atomic E-state index is 6.18. The highest BCUT2D eigenvalue weighted by Crippen LogP contribution is 2.24. The summed E-state index contributed by atoms with van der Waals surface area (Å²) < 4.78 is 5.98. The first kappa shape index (κ1) is 19.2. The second-order valence-corrected chi connectivity index (χ2v) is 7.00. The molecule has 0 spiro atoms. The molecule has 2 aromatic carbocycles. The molecule has 3 aromatic rings. The third-order valence-corrected chi connectivity index (χ3v) is 4.47.